The molecule has 1 saturated heterocycles. The van der Waals surface area contributed by atoms with E-state index in [-0.39, 0.29) is 21.7 Å². The highest BCUT2D eigenvalue weighted by molar-refractivity contribution is 7.80. The molecule has 1 aromatic rings. The maximum Gasteiger partial charge on any atom is 0.191 e. The van der Waals surface area contributed by atoms with Gasteiger partial charge in [0.05, 0.1) is 10.0 Å². The van der Waals surface area contributed by atoms with E-state index >= 15 is 0 Å². The molecule has 1 aliphatic heterocycles. The van der Waals surface area contributed by atoms with Gasteiger partial charge in [-0.15, -0.1) is 0 Å². The van der Waals surface area contributed by atoms with E-state index in [0.717, 1.165) is 18.0 Å². The number of phenols is 1. The predicted molar refractivity (Wildman–Crippen MR) is 112 cm³/mol. The molecule has 0 aromatic heterocycles. The van der Waals surface area contributed by atoms with Crippen LogP contribution in [0.3, 0.4) is 0 Å². The Hall–Kier alpha value is -0.693. The van der Waals surface area contributed by atoms with Gasteiger partial charge in [-0.1, -0.05) is 44.6 Å². The Kier molecular flexibility index (Phi) is 6.75. The number of phenolic OH excluding ortho intramolecular Hbond substituents is 1. The molecular weight excluding hydrogens is 389 g/mol. The van der Waals surface area contributed by atoms with Crippen LogP contribution in [0.5, 0.6) is 5.75 Å². The molecule has 1 aliphatic rings. The first kappa shape index (κ1) is 21.6. The molecule has 1 atom stereocenters. The van der Waals surface area contributed by atoms with E-state index in [2.05, 4.69) is 38.8 Å². The molecule has 0 saturated carbocycles. The van der Waals surface area contributed by atoms with Crippen molar-refractivity contribution >= 4 is 37.1 Å². The maximum absolute atomic E-state index is 13.8. The Morgan fingerprint density at radius 2 is 2.04 bits per heavy atom. The van der Waals surface area contributed by atoms with Gasteiger partial charge in [-0.2, -0.15) is 0 Å². The van der Waals surface area contributed by atoms with Crippen LogP contribution in [0, 0.1) is 5.82 Å². The Bertz CT molecular complexity index is 678. The van der Waals surface area contributed by atoms with Crippen molar-refractivity contribution in [2.45, 2.75) is 57.7 Å². The monoisotopic (exact) mass is 417 g/mol. The SMILES string of the molecule is CC(C)(C)[Si](C)(C)OCCCN1C[C@@H](c2c(O)ccc(F)c2Cl)CC1=S. The Morgan fingerprint density at radius 1 is 1.38 bits per heavy atom. The molecule has 0 radical (unpaired) electrons. The second-order valence-corrected chi connectivity index (χ2v) is 14.2. The molecule has 0 spiro atoms. The summed E-state index contributed by atoms with van der Waals surface area (Å²) in [6, 6.07) is 2.54. The van der Waals surface area contributed by atoms with Crippen LogP contribution < -0.4 is 0 Å². The third-order valence-corrected chi connectivity index (χ3v) is 10.9. The number of hydrogen-bond donors (Lipinski definition) is 1. The highest BCUT2D eigenvalue weighted by atomic mass is 35.5. The van der Waals surface area contributed by atoms with E-state index in [4.69, 9.17) is 28.2 Å². The molecule has 1 heterocycles. The van der Waals surface area contributed by atoms with Crippen molar-refractivity contribution < 1.29 is 13.9 Å². The molecule has 0 aliphatic carbocycles. The number of likely N-dealkylation sites (tertiary alicyclic amines) is 1. The number of rotatable bonds is 6. The zero-order chi connectivity index (χ0) is 19.7. The summed E-state index contributed by atoms with van der Waals surface area (Å²) < 4.78 is 20.0. The molecule has 2 rings (SSSR count). The Morgan fingerprint density at radius 3 is 2.65 bits per heavy atom. The Balaban J connectivity index is 1.92. The molecule has 0 bridgehead atoms. The fourth-order valence-corrected chi connectivity index (χ4v) is 4.69. The van der Waals surface area contributed by atoms with Gasteiger partial charge in [0.2, 0.25) is 0 Å². The highest BCUT2D eigenvalue weighted by Crippen LogP contribution is 2.40. The standard InChI is InChI=1S/C19H29ClFNO2SSi/c1-19(2,3)26(4,5)24-10-6-9-22-12-13(11-16(22)25)17-15(23)8-7-14(21)18(17)20/h7-8,13,23H,6,9-12H2,1-5H3/t13-/m0/s1. The van der Waals surface area contributed by atoms with Crippen LogP contribution in [-0.4, -0.2) is 43.0 Å². The van der Waals surface area contributed by atoms with Gasteiger partial charge in [-0.05, 0) is 36.7 Å². The summed E-state index contributed by atoms with van der Waals surface area (Å²) in [4.78, 5) is 2.96. The lowest BCUT2D eigenvalue weighted by atomic mass is 9.97. The van der Waals surface area contributed by atoms with Crippen molar-refractivity contribution in [1.82, 2.24) is 4.90 Å². The number of benzene rings is 1. The van der Waals surface area contributed by atoms with Crippen molar-refractivity contribution in [2.75, 3.05) is 19.7 Å². The molecule has 26 heavy (non-hydrogen) atoms. The molecular formula is C19H29ClFNO2SSi. The fraction of sp³-hybridized carbons (Fsp3) is 0.632. The lowest BCUT2D eigenvalue weighted by Crippen LogP contribution is -2.41. The number of aromatic hydroxyl groups is 1. The van der Waals surface area contributed by atoms with E-state index in [1.807, 2.05) is 0 Å². The number of halogens is 2. The van der Waals surface area contributed by atoms with Crippen molar-refractivity contribution in [3.63, 3.8) is 0 Å². The summed E-state index contributed by atoms with van der Waals surface area (Å²) >= 11 is 11.6. The summed E-state index contributed by atoms with van der Waals surface area (Å²) in [5, 5.41) is 10.3. The molecule has 146 valence electrons. The van der Waals surface area contributed by atoms with E-state index in [9.17, 15) is 9.50 Å². The van der Waals surface area contributed by atoms with E-state index in [1.54, 1.807) is 0 Å². The van der Waals surface area contributed by atoms with Gasteiger partial charge in [0.25, 0.3) is 0 Å². The van der Waals surface area contributed by atoms with Crippen LogP contribution in [0.25, 0.3) is 0 Å². The van der Waals surface area contributed by atoms with Crippen LogP contribution in [0.4, 0.5) is 4.39 Å². The lowest BCUT2D eigenvalue weighted by molar-refractivity contribution is 0.266. The largest absolute Gasteiger partial charge is 0.508 e. The average molecular weight is 418 g/mol. The van der Waals surface area contributed by atoms with E-state index in [0.29, 0.717) is 25.1 Å². The van der Waals surface area contributed by atoms with Crippen molar-refractivity contribution in [3.05, 3.63) is 28.5 Å². The minimum absolute atomic E-state index is 0.000843. The van der Waals surface area contributed by atoms with E-state index < -0.39 is 14.1 Å². The quantitative estimate of drug-likeness (QED) is 0.365. The Labute approximate surface area is 167 Å². The van der Waals surface area contributed by atoms with E-state index in [1.165, 1.54) is 12.1 Å². The van der Waals surface area contributed by atoms with Crippen molar-refractivity contribution in [1.29, 1.82) is 0 Å². The highest BCUT2D eigenvalue weighted by Gasteiger charge is 2.37. The zero-order valence-electron chi connectivity index (χ0n) is 16.2. The molecule has 3 nitrogen and oxygen atoms in total. The van der Waals surface area contributed by atoms with Crippen LogP contribution in [0.15, 0.2) is 12.1 Å². The summed E-state index contributed by atoms with van der Waals surface area (Å²) in [5.74, 6) is -0.550. The minimum Gasteiger partial charge on any atom is -0.508 e. The third-order valence-electron chi connectivity index (χ3n) is 5.57. The molecule has 1 fully saturated rings. The topological polar surface area (TPSA) is 32.7 Å². The average Bonchev–Trinajstić information content (AvgIpc) is 2.87. The minimum atomic E-state index is -1.73. The van der Waals surface area contributed by atoms with Crippen LogP contribution in [0.1, 0.15) is 45.1 Å². The van der Waals surface area contributed by atoms with Crippen molar-refractivity contribution in [3.8, 4) is 5.75 Å². The van der Waals surface area contributed by atoms with Gasteiger partial charge in [-0.3, -0.25) is 0 Å². The number of thiocarbonyl (C=S) groups is 1. The van der Waals surface area contributed by atoms with Gasteiger partial charge in [0.15, 0.2) is 8.32 Å². The van der Waals surface area contributed by atoms with Gasteiger partial charge < -0.3 is 14.4 Å². The second-order valence-electron chi connectivity index (χ2n) is 8.50. The van der Waals surface area contributed by atoms with Gasteiger partial charge >= 0.3 is 0 Å². The number of hydrogen-bond acceptors (Lipinski definition) is 3. The third kappa shape index (κ3) is 4.77. The molecule has 1 N–H and O–H groups in total. The summed E-state index contributed by atoms with van der Waals surface area (Å²) in [6.45, 7) is 13.4. The van der Waals surface area contributed by atoms with Crippen LogP contribution in [-0.2, 0) is 4.43 Å². The predicted octanol–water partition coefficient (Wildman–Crippen LogP) is 5.71. The van der Waals surface area contributed by atoms with Crippen LogP contribution >= 0.6 is 23.8 Å². The lowest BCUT2D eigenvalue weighted by Gasteiger charge is -2.36. The maximum atomic E-state index is 13.8. The molecule has 0 unspecified atom stereocenters. The van der Waals surface area contributed by atoms with Gasteiger partial charge in [0, 0.05) is 37.6 Å². The molecule has 0 amide bonds. The summed E-state index contributed by atoms with van der Waals surface area (Å²) in [6.07, 6.45) is 1.50. The van der Waals surface area contributed by atoms with Gasteiger partial charge in [-0.25, -0.2) is 4.39 Å². The second kappa shape index (κ2) is 8.13. The summed E-state index contributed by atoms with van der Waals surface area (Å²) in [7, 11) is -1.73. The first-order chi connectivity index (χ1) is 11.9. The zero-order valence-corrected chi connectivity index (χ0v) is 18.8. The normalized spacial score (nSPS) is 18.7. The first-order valence-corrected chi connectivity index (χ1v) is 12.7. The van der Waals surface area contributed by atoms with Crippen LogP contribution in [0.2, 0.25) is 23.2 Å². The molecule has 7 heteroatoms. The van der Waals surface area contributed by atoms with Crippen molar-refractivity contribution in [2.24, 2.45) is 0 Å². The fourth-order valence-electron chi connectivity index (χ4n) is 2.93. The molecule has 1 aromatic carbocycles. The first-order valence-electron chi connectivity index (χ1n) is 9.02. The smallest absolute Gasteiger partial charge is 0.191 e. The summed E-state index contributed by atoms with van der Waals surface area (Å²) in [5.41, 5.74) is 0.467. The number of nitrogens with zero attached hydrogens (tertiary/aromatic N) is 1. The van der Waals surface area contributed by atoms with Gasteiger partial charge in [0.1, 0.15) is 11.6 Å².